The molecule has 130 valence electrons. The molecule has 6 heteroatoms. The maximum absolute atomic E-state index is 4.52. The van der Waals surface area contributed by atoms with Crippen molar-refractivity contribution in [1.29, 1.82) is 0 Å². The first-order valence-corrected chi connectivity index (χ1v) is 8.95. The fourth-order valence-electron chi connectivity index (χ4n) is 3.40. The highest BCUT2D eigenvalue weighted by atomic mass is 15.2. The summed E-state index contributed by atoms with van der Waals surface area (Å²) in [4.78, 5) is 15.8. The molecule has 1 aliphatic heterocycles. The van der Waals surface area contributed by atoms with Crippen molar-refractivity contribution in [1.82, 2.24) is 24.4 Å². The van der Waals surface area contributed by atoms with Crippen molar-refractivity contribution in [3.63, 3.8) is 0 Å². The first-order chi connectivity index (χ1) is 12.3. The van der Waals surface area contributed by atoms with Crippen molar-refractivity contribution in [2.75, 3.05) is 25.0 Å². The third kappa shape index (κ3) is 3.79. The molecule has 0 radical (unpaired) electrons. The molecule has 0 spiro atoms. The average Bonchev–Trinajstić information content (AvgIpc) is 3.02. The molecule has 1 aliphatic rings. The lowest BCUT2D eigenvalue weighted by Gasteiger charge is -2.32. The number of piperidine rings is 1. The van der Waals surface area contributed by atoms with E-state index in [0.717, 1.165) is 50.1 Å². The number of nitrogens with one attached hydrogen (secondary N) is 1. The molecule has 1 fully saturated rings. The van der Waals surface area contributed by atoms with E-state index in [1.165, 1.54) is 5.56 Å². The number of aryl methyl sites for hydroxylation is 1. The van der Waals surface area contributed by atoms with E-state index in [1.807, 2.05) is 17.8 Å². The van der Waals surface area contributed by atoms with Gasteiger partial charge in [-0.1, -0.05) is 30.3 Å². The molecule has 0 atom stereocenters. The van der Waals surface area contributed by atoms with Gasteiger partial charge in [0.2, 0.25) is 5.95 Å². The van der Waals surface area contributed by atoms with E-state index in [9.17, 15) is 0 Å². The molecule has 0 amide bonds. The molecule has 1 aromatic carbocycles. The molecule has 3 heterocycles. The van der Waals surface area contributed by atoms with Crippen LogP contribution in [0.25, 0.3) is 11.2 Å². The van der Waals surface area contributed by atoms with E-state index >= 15 is 0 Å². The minimum absolute atomic E-state index is 0.439. The van der Waals surface area contributed by atoms with Gasteiger partial charge >= 0.3 is 0 Å². The number of nitrogens with zero attached hydrogens (tertiary/aromatic N) is 5. The predicted molar refractivity (Wildman–Crippen MR) is 99.5 cm³/mol. The van der Waals surface area contributed by atoms with Gasteiger partial charge in [-0.15, -0.1) is 0 Å². The normalized spacial score (nSPS) is 16.4. The monoisotopic (exact) mass is 336 g/mol. The second-order valence-electron chi connectivity index (χ2n) is 6.75. The second-order valence-corrected chi connectivity index (χ2v) is 6.75. The quantitative estimate of drug-likeness (QED) is 0.776. The first-order valence-electron chi connectivity index (χ1n) is 8.95. The molecule has 0 aliphatic carbocycles. The van der Waals surface area contributed by atoms with E-state index in [2.05, 4.69) is 55.5 Å². The van der Waals surface area contributed by atoms with Crippen LogP contribution in [-0.2, 0) is 13.5 Å². The molecule has 0 saturated carbocycles. The molecule has 25 heavy (non-hydrogen) atoms. The number of benzene rings is 1. The van der Waals surface area contributed by atoms with Gasteiger partial charge in [0.05, 0.1) is 12.5 Å². The lowest BCUT2D eigenvalue weighted by Crippen LogP contribution is -2.40. The summed E-state index contributed by atoms with van der Waals surface area (Å²) in [5, 5.41) is 3.48. The van der Waals surface area contributed by atoms with Crippen molar-refractivity contribution in [3.8, 4) is 0 Å². The highest BCUT2D eigenvalue weighted by Crippen LogP contribution is 2.16. The summed E-state index contributed by atoms with van der Waals surface area (Å²) in [6, 6.07) is 11.2. The summed E-state index contributed by atoms with van der Waals surface area (Å²) < 4.78 is 1.93. The molecule has 3 aromatic rings. The van der Waals surface area contributed by atoms with Crippen LogP contribution in [0.1, 0.15) is 18.4 Å². The number of imidazole rings is 1. The van der Waals surface area contributed by atoms with Crippen LogP contribution in [0.15, 0.2) is 42.9 Å². The molecule has 6 nitrogen and oxygen atoms in total. The van der Waals surface area contributed by atoms with Crippen molar-refractivity contribution >= 4 is 17.1 Å². The molecule has 0 unspecified atom stereocenters. The minimum atomic E-state index is 0.439. The van der Waals surface area contributed by atoms with E-state index < -0.39 is 0 Å². The topological polar surface area (TPSA) is 58.9 Å². The van der Waals surface area contributed by atoms with Crippen LogP contribution in [0, 0.1) is 0 Å². The van der Waals surface area contributed by atoms with E-state index in [-0.39, 0.29) is 0 Å². The van der Waals surface area contributed by atoms with E-state index in [1.54, 1.807) is 6.33 Å². The SMILES string of the molecule is Cn1cnc2nc(NC3CCN(CCc4ccccc4)CC3)ncc21. The van der Waals surface area contributed by atoms with Crippen LogP contribution in [0.2, 0.25) is 0 Å². The summed E-state index contributed by atoms with van der Waals surface area (Å²) in [5.74, 6) is 0.689. The van der Waals surface area contributed by atoms with Crippen LogP contribution >= 0.6 is 0 Å². The summed E-state index contributed by atoms with van der Waals surface area (Å²) in [5.41, 5.74) is 3.13. The first kappa shape index (κ1) is 16.0. The Morgan fingerprint density at radius 2 is 1.92 bits per heavy atom. The number of aromatic nitrogens is 4. The zero-order valence-corrected chi connectivity index (χ0v) is 14.6. The largest absolute Gasteiger partial charge is 0.351 e. The molecule has 1 N–H and O–H groups in total. The van der Waals surface area contributed by atoms with Gasteiger partial charge in [-0.3, -0.25) is 0 Å². The van der Waals surface area contributed by atoms with Gasteiger partial charge in [0, 0.05) is 32.7 Å². The Balaban J connectivity index is 1.28. The van der Waals surface area contributed by atoms with Crippen LogP contribution in [-0.4, -0.2) is 50.1 Å². The number of anilines is 1. The lowest BCUT2D eigenvalue weighted by atomic mass is 10.0. The smallest absolute Gasteiger partial charge is 0.225 e. The van der Waals surface area contributed by atoms with Crippen LogP contribution in [0.4, 0.5) is 5.95 Å². The van der Waals surface area contributed by atoms with Gasteiger partial charge < -0.3 is 14.8 Å². The van der Waals surface area contributed by atoms with Gasteiger partial charge in [-0.05, 0) is 24.8 Å². The fourth-order valence-corrected chi connectivity index (χ4v) is 3.40. The Labute approximate surface area is 147 Å². The van der Waals surface area contributed by atoms with Crippen molar-refractivity contribution in [2.45, 2.75) is 25.3 Å². The zero-order valence-electron chi connectivity index (χ0n) is 14.6. The van der Waals surface area contributed by atoms with Crippen molar-refractivity contribution in [2.24, 2.45) is 7.05 Å². The third-order valence-corrected chi connectivity index (χ3v) is 4.96. The highest BCUT2D eigenvalue weighted by molar-refractivity contribution is 5.70. The van der Waals surface area contributed by atoms with Crippen LogP contribution in [0.5, 0.6) is 0 Å². The Hall–Kier alpha value is -2.47. The number of rotatable bonds is 5. The van der Waals surface area contributed by atoms with Gasteiger partial charge in [-0.25, -0.2) is 9.97 Å². The summed E-state index contributed by atoms with van der Waals surface area (Å²) in [6.07, 6.45) is 6.98. The fraction of sp³-hybridized carbons (Fsp3) is 0.421. The summed E-state index contributed by atoms with van der Waals surface area (Å²) >= 11 is 0. The minimum Gasteiger partial charge on any atom is -0.351 e. The van der Waals surface area contributed by atoms with Gasteiger partial charge in [-0.2, -0.15) is 4.98 Å². The lowest BCUT2D eigenvalue weighted by molar-refractivity contribution is 0.221. The Morgan fingerprint density at radius 1 is 1.12 bits per heavy atom. The van der Waals surface area contributed by atoms with Gasteiger partial charge in [0.1, 0.15) is 5.52 Å². The van der Waals surface area contributed by atoms with Crippen molar-refractivity contribution < 1.29 is 0 Å². The summed E-state index contributed by atoms with van der Waals surface area (Å²) in [7, 11) is 1.96. The van der Waals surface area contributed by atoms with E-state index in [0.29, 0.717) is 12.0 Å². The third-order valence-electron chi connectivity index (χ3n) is 4.96. The average molecular weight is 336 g/mol. The molecule has 0 bridgehead atoms. The standard InChI is InChI=1S/C19H24N6/c1-24-14-21-18-17(24)13-20-19(23-18)22-16-8-11-25(12-9-16)10-7-15-5-3-2-4-6-15/h2-6,13-14,16H,7-12H2,1H3,(H,20,22,23). The van der Waals surface area contributed by atoms with Gasteiger partial charge in [0.15, 0.2) is 5.65 Å². The number of hydrogen-bond acceptors (Lipinski definition) is 5. The predicted octanol–water partition coefficient (Wildman–Crippen LogP) is 2.48. The highest BCUT2D eigenvalue weighted by Gasteiger charge is 2.19. The van der Waals surface area contributed by atoms with Gasteiger partial charge in [0.25, 0.3) is 0 Å². The summed E-state index contributed by atoms with van der Waals surface area (Å²) in [6.45, 7) is 3.37. The number of hydrogen-bond donors (Lipinski definition) is 1. The van der Waals surface area contributed by atoms with Crippen molar-refractivity contribution in [3.05, 3.63) is 48.4 Å². The molecule has 2 aromatic heterocycles. The molecular formula is C19H24N6. The van der Waals surface area contributed by atoms with Crippen LogP contribution in [0.3, 0.4) is 0 Å². The number of likely N-dealkylation sites (tertiary alicyclic amines) is 1. The maximum atomic E-state index is 4.52. The van der Waals surface area contributed by atoms with E-state index in [4.69, 9.17) is 0 Å². The molecule has 1 saturated heterocycles. The zero-order chi connectivity index (χ0) is 17.1. The number of fused-ring (bicyclic) bond motifs is 1. The second kappa shape index (κ2) is 7.19. The Kier molecular flexibility index (Phi) is 4.61. The Bertz CT molecular complexity index is 820. The van der Waals surface area contributed by atoms with Crippen LogP contribution < -0.4 is 5.32 Å². The Morgan fingerprint density at radius 3 is 2.72 bits per heavy atom. The molecular weight excluding hydrogens is 312 g/mol. The molecule has 4 rings (SSSR count). The maximum Gasteiger partial charge on any atom is 0.225 e.